The number of methoxy groups -OCH3 is 1. The van der Waals surface area contributed by atoms with Gasteiger partial charge >= 0.3 is 5.97 Å². The minimum atomic E-state index is -3.74. The fraction of sp³-hybridized carbons (Fsp3) is 0.421. The van der Waals surface area contributed by atoms with E-state index in [2.05, 4.69) is 10.4 Å². The van der Waals surface area contributed by atoms with E-state index in [4.69, 9.17) is 9.47 Å². The molecular formula is C19H24N4O6S. The monoisotopic (exact) mass is 436 g/mol. The number of sulfonamides is 1. The highest BCUT2D eigenvalue weighted by Gasteiger charge is 2.32. The number of anilines is 1. The summed E-state index contributed by atoms with van der Waals surface area (Å²) in [5.74, 6) is -1.02. The van der Waals surface area contributed by atoms with E-state index < -0.39 is 21.9 Å². The summed E-state index contributed by atoms with van der Waals surface area (Å²) < 4.78 is 38.7. The molecule has 0 saturated carbocycles. The highest BCUT2D eigenvalue weighted by Crippen LogP contribution is 2.24. The lowest BCUT2D eigenvalue weighted by Gasteiger charge is -2.26. The molecule has 162 valence electrons. The SMILES string of the molecule is COC(=O)c1ccccc1NC(=O)Cn1nc(C)c(S(=O)(=O)N2CCOCC2)c1C. The average molecular weight is 436 g/mol. The molecule has 1 fully saturated rings. The summed E-state index contributed by atoms with van der Waals surface area (Å²) >= 11 is 0. The number of carbonyl (C=O) groups excluding carboxylic acids is 2. The molecule has 0 aliphatic carbocycles. The highest BCUT2D eigenvalue weighted by atomic mass is 32.2. The number of nitrogens with one attached hydrogen (secondary N) is 1. The molecular weight excluding hydrogens is 412 g/mol. The van der Waals surface area contributed by atoms with Gasteiger partial charge < -0.3 is 14.8 Å². The standard InChI is InChI=1S/C19H24N4O6S/c1-13-18(30(26,27)22-8-10-29-11-9-22)14(2)23(21-13)12-17(24)20-16-7-5-4-6-15(16)19(25)28-3/h4-7H,8-12H2,1-3H3,(H,20,24). The molecule has 1 N–H and O–H groups in total. The van der Waals surface area contributed by atoms with Crippen molar-refractivity contribution in [1.82, 2.24) is 14.1 Å². The topological polar surface area (TPSA) is 120 Å². The fourth-order valence-corrected chi connectivity index (χ4v) is 5.11. The summed E-state index contributed by atoms with van der Waals surface area (Å²) in [5.41, 5.74) is 1.21. The van der Waals surface area contributed by atoms with E-state index in [0.29, 0.717) is 30.3 Å². The zero-order valence-corrected chi connectivity index (χ0v) is 17.9. The molecule has 2 aromatic rings. The summed E-state index contributed by atoms with van der Waals surface area (Å²) in [7, 11) is -2.48. The summed E-state index contributed by atoms with van der Waals surface area (Å²) in [6, 6.07) is 6.46. The molecule has 1 aliphatic rings. The van der Waals surface area contributed by atoms with Crippen LogP contribution in [0.5, 0.6) is 0 Å². The maximum absolute atomic E-state index is 13.0. The number of hydrogen-bond acceptors (Lipinski definition) is 7. The Hall–Kier alpha value is -2.76. The Bertz CT molecular complexity index is 1060. The number of amides is 1. The van der Waals surface area contributed by atoms with Gasteiger partial charge in [-0.05, 0) is 26.0 Å². The van der Waals surface area contributed by atoms with Crippen molar-refractivity contribution >= 4 is 27.6 Å². The maximum Gasteiger partial charge on any atom is 0.339 e. The number of carbonyl (C=O) groups is 2. The predicted octanol–water partition coefficient (Wildman–Crippen LogP) is 0.946. The van der Waals surface area contributed by atoms with Crippen molar-refractivity contribution in [2.24, 2.45) is 0 Å². The fourth-order valence-electron chi connectivity index (χ4n) is 3.33. The molecule has 1 saturated heterocycles. The number of morpholine rings is 1. The first-order valence-electron chi connectivity index (χ1n) is 9.34. The van der Waals surface area contributed by atoms with Crippen LogP contribution in [0.1, 0.15) is 21.7 Å². The Labute approximate surface area is 174 Å². The van der Waals surface area contributed by atoms with Crippen LogP contribution < -0.4 is 5.32 Å². The van der Waals surface area contributed by atoms with Crippen molar-refractivity contribution in [3.8, 4) is 0 Å². The third-order valence-electron chi connectivity index (χ3n) is 4.78. The number of rotatable bonds is 6. The van der Waals surface area contributed by atoms with Crippen LogP contribution in [0.25, 0.3) is 0 Å². The molecule has 1 amide bonds. The van der Waals surface area contributed by atoms with Crippen molar-refractivity contribution in [2.75, 3.05) is 38.7 Å². The lowest BCUT2D eigenvalue weighted by atomic mass is 10.2. The van der Waals surface area contributed by atoms with Gasteiger partial charge in [-0.15, -0.1) is 0 Å². The van der Waals surface area contributed by atoms with Gasteiger partial charge in [-0.1, -0.05) is 12.1 Å². The normalized spacial score (nSPS) is 15.0. The first kappa shape index (κ1) is 21.9. The summed E-state index contributed by atoms with van der Waals surface area (Å²) in [5, 5.41) is 6.91. The molecule has 0 spiro atoms. The number of aromatic nitrogens is 2. The second kappa shape index (κ2) is 8.94. The molecule has 3 rings (SSSR count). The molecule has 0 radical (unpaired) electrons. The molecule has 1 aliphatic heterocycles. The second-order valence-corrected chi connectivity index (χ2v) is 8.63. The van der Waals surface area contributed by atoms with Crippen molar-refractivity contribution in [3.05, 3.63) is 41.2 Å². The molecule has 0 bridgehead atoms. The van der Waals surface area contributed by atoms with E-state index in [1.165, 1.54) is 22.2 Å². The molecule has 30 heavy (non-hydrogen) atoms. The lowest BCUT2D eigenvalue weighted by molar-refractivity contribution is -0.116. The van der Waals surface area contributed by atoms with Gasteiger partial charge in [-0.25, -0.2) is 13.2 Å². The number of benzene rings is 1. The van der Waals surface area contributed by atoms with Crippen molar-refractivity contribution < 1.29 is 27.5 Å². The summed E-state index contributed by atoms with van der Waals surface area (Å²) in [4.78, 5) is 24.5. The van der Waals surface area contributed by atoms with E-state index in [1.807, 2.05) is 0 Å². The average Bonchev–Trinajstić information content (AvgIpc) is 3.01. The van der Waals surface area contributed by atoms with Gasteiger partial charge in [0, 0.05) is 13.1 Å². The van der Waals surface area contributed by atoms with E-state index in [0.717, 1.165) is 0 Å². The first-order valence-corrected chi connectivity index (χ1v) is 10.8. The predicted molar refractivity (Wildman–Crippen MR) is 108 cm³/mol. The molecule has 10 nitrogen and oxygen atoms in total. The smallest absolute Gasteiger partial charge is 0.339 e. The van der Waals surface area contributed by atoms with Gasteiger partial charge in [0.15, 0.2) is 0 Å². The Morgan fingerprint density at radius 3 is 2.53 bits per heavy atom. The third-order valence-corrected chi connectivity index (χ3v) is 6.93. The molecule has 1 aromatic carbocycles. The Kier molecular flexibility index (Phi) is 6.54. The quantitative estimate of drug-likeness (QED) is 0.669. The zero-order chi connectivity index (χ0) is 21.9. The third kappa shape index (κ3) is 4.37. The molecule has 0 atom stereocenters. The molecule has 1 aromatic heterocycles. The number of aryl methyl sites for hydroxylation is 1. The van der Waals surface area contributed by atoms with E-state index in [9.17, 15) is 18.0 Å². The van der Waals surface area contributed by atoms with Gasteiger partial charge in [-0.3, -0.25) is 9.48 Å². The number of hydrogen-bond donors (Lipinski definition) is 1. The van der Waals surface area contributed by atoms with E-state index in [1.54, 1.807) is 32.0 Å². The molecule has 0 unspecified atom stereocenters. The second-order valence-electron chi connectivity index (χ2n) is 6.76. The largest absolute Gasteiger partial charge is 0.465 e. The zero-order valence-electron chi connectivity index (χ0n) is 17.0. The minimum Gasteiger partial charge on any atom is -0.465 e. The number of nitrogens with zero attached hydrogens (tertiary/aromatic N) is 3. The van der Waals surface area contributed by atoms with Crippen LogP contribution >= 0.6 is 0 Å². The number of esters is 1. The number of ether oxygens (including phenoxy) is 2. The van der Waals surface area contributed by atoms with Gasteiger partial charge in [0.25, 0.3) is 0 Å². The summed E-state index contributed by atoms with van der Waals surface area (Å²) in [6.07, 6.45) is 0. The molecule has 2 heterocycles. The van der Waals surface area contributed by atoms with Crippen LogP contribution in [0, 0.1) is 13.8 Å². The van der Waals surface area contributed by atoms with Crippen molar-refractivity contribution in [3.63, 3.8) is 0 Å². The minimum absolute atomic E-state index is 0.104. The van der Waals surface area contributed by atoms with Crippen LogP contribution in [0.4, 0.5) is 5.69 Å². The van der Waals surface area contributed by atoms with Crippen LogP contribution in [-0.2, 0) is 30.8 Å². The summed E-state index contributed by atoms with van der Waals surface area (Å²) in [6.45, 7) is 4.24. The lowest BCUT2D eigenvalue weighted by Crippen LogP contribution is -2.41. The maximum atomic E-state index is 13.0. The van der Waals surface area contributed by atoms with Crippen molar-refractivity contribution in [1.29, 1.82) is 0 Å². The van der Waals surface area contributed by atoms with E-state index >= 15 is 0 Å². The van der Waals surface area contributed by atoms with Crippen LogP contribution in [0.15, 0.2) is 29.2 Å². The van der Waals surface area contributed by atoms with Crippen LogP contribution in [-0.4, -0.2) is 67.8 Å². The van der Waals surface area contributed by atoms with Gasteiger partial charge in [0.05, 0.1) is 43.0 Å². The Balaban J connectivity index is 1.81. The van der Waals surface area contributed by atoms with Gasteiger partial charge in [-0.2, -0.15) is 9.40 Å². The van der Waals surface area contributed by atoms with Gasteiger partial charge in [0.2, 0.25) is 15.9 Å². The Morgan fingerprint density at radius 1 is 1.20 bits per heavy atom. The number of para-hydroxylation sites is 1. The van der Waals surface area contributed by atoms with Crippen molar-refractivity contribution in [2.45, 2.75) is 25.3 Å². The first-order chi connectivity index (χ1) is 14.3. The Morgan fingerprint density at radius 2 is 1.87 bits per heavy atom. The highest BCUT2D eigenvalue weighted by molar-refractivity contribution is 7.89. The van der Waals surface area contributed by atoms with Crippen LogP contribution in [0.3, 0.4) is 0 Å². The van der Waals surface area contributed by atoms with Gasteiger partial charge in [0.1, 0.15) is 11.4 Å². The molecule has 11 heteroatoms. The van der Waals surface area contributed by atoms with Crippen LogP contribution in [0.2, 0.25) is 0 Å². The van der Waals surface area contributed by atoms with E-state index in [-0.39, 0.29) is 30.1 Å².